The first-order valence-corrected chi connectivity index (χ1v) is 7.69. The summed E-state index contributed by atoms with van der Waals surface area (Å²) in [6.07, 6.45) is 3.53. The molecule has 0 unspecified atom stereocenters. The first-order chi connectivity index (χ1) is 11.0. The first kappa shape index (κ1) is 17.3. The van der Waals surface area contributed by atoms with Crippen LogP contribution in [0.15, 0.2) is 18.2 Å². The summed E-state index contributed by atoms with van der Waals surface area (Å²) in [5, 5.41) is 5.40. The lowest BCUT2D eigenvalue weighted by Gasteiger charge is -2.23. The molecule has 0 aliphatic carbocycles. The quantitative estimate of drug-likeness (QED) is 0.815. The molecule has 1 aromatic rings. The van der Waals surface area contributed by atoms with Crippen molar-refractivity contribution in [3.05, 3.63) is 29.8 Å². The number of imide groups is 1. The molecule has 0 bridgehead atoms. The van der Waals surface area contributed by atoms with Crippen LogP contribution >= 0.6 is 0 Å². The van der Waals surface area contributed by atoms with Crippen LogP contribution < -0.4 is 15.4 Å². The van der Waals surface area contributed by atoms with Crippen LogP contribution in [0.2, 0.25) is 0 Å². The molecule has 2 aliphatic rings. The van der Waals surface area contributed by atoms with E-state index in [4.69, 9.17) is 4.74 Å². The maximum absolute atomic E-state index is 12.8. The van der Waals surface area contributed by atoms with E-state index in [-0.39, 0.29) is 23.7 Å². The van der Waals surface area contributed by atoms with Crippen LogP contribution in [0.25, 0.3) is 0 Å². The summed E-state index contributed by atoms with van der Waals surface area (Å²) < 4.78 is 31.2. The molecule has 0 spiro atoms. The number of halogens is 2. The van der Waals surface area contributed by atoms with Gasteiger partial charge in [-0.2, -0.15) is 0 Å². The Balaban J connectivity index is 0.000000203. The third-order valence-corrected chi connectivity index (χ3v) is 3.51. The van der Waals surface area contributed by atoms with E-state index in [1.165, 1.54) is 12.1 Å². The van der Waals surface area contributed by atoms with E-state index in [2.05, 4.69) is 10.6 Å². The van der Waals surface area contributed by atoms with Gasteiger partial charge in [0.2, 0.25) is 11.8 Å². The highest BCUT2D eigenvalue weighted by Crippen LogP contribution is 2.19. The molecule has 126 valence electrons. The van der Waals surface area contributed by atoms with Gasteiger partial charge in [0.15, 0.2) is 0 Å². The monoisotopic (exact) mass is 326 g/mol. The Hall–Kier alpha value is -2.02. The van der Waals surface area contributed by atoms with Crippen LogP contribution in [-0.2, 0) is 9.59 Å². The maximum Gasteiger partial charge on any atom is 0.226 e. The molecule has 1 aromatic carbocycles. The highest BCUT2D eigenvalue weighted by Gasteiger charge is 2.15. The van der Waals surface area contributed by atoms with Gasteiger partial charge in [-0.25, -0.2) is 8.78 Å². The molecule has 5 nitrogen and oxygen atoms in total. The average Bonchev–Trinajstić information content (AvgIpc) is 2.47. The summed E-state index contributed by atoms with van der Waals surface area (Å²) in [5.41, 5.74) is 0. The third kappa shape index (κ3) is 6.32. The fraction of sp³-hybridized carbons (Fsp3) is 0.500. The molecule has 0 radical (unpaired) electrons. The zero-order chi connectivity index (χ0) is 16.7. The minimum Gasteiger partial charge on any atom is -0.490 e. The van der Waals surface area contributed by atoms with Crippen molar-refractivity contribution in [2.75, 3.05) is 13.1 Å². The summed E-state index contributed by atoms with van der Waals surface area (Å²) in [6.45, 7) is 1.78. The van der Waals surface area contributed by atoms with Gasteiger partial charge in [-0.3, -0.25) is 14.9 Å². The van der Waals surface area contributed by atoms with Crippen molar-refractivity contribution in [2.24, 2.45) is 0 Å². The second kappa shape index (κ2) is 8.57. The fourth-order valence-electron chi connectivity index (χ4n) is 2.39. The van der Waals surface area contributed by atoms with Crippen LogP contribution in [-0.4, -0.2) is 31.0 Å². The summed E-state index contributed by atoms with van der Waals surface area (Å²) >= 11 is 0. The van der Waals surface area contributed by atoms with Crippen LogP contribution in [0.3, 0.4) is 0 Å². The Morgan fingerprint density at radius 1 is 0.957 bits per heavy atom. The highest BCUT2D eigenvalue weighted by atomic mass is 19.1. The van der Waals surface area contributed by atoms with Crippen molar-refractivity contribution in [1.82, 2.24) is 10.6 Å². The fourth-order valence-corrected chi connectivity index (χ4v) is 2.39. The summed E-state index contributed by atoms with van der Waals surface area (Å²) in [4.78, 5) is 20.7. The van der Waals surface area contributed by atoms with Crippen LogP contribution in [0.5, 0.6) is 5.75 Å². The van der Waals surface area contributed by atoms with Crippen LogP contribution in [0, 0.1) is 11.6 Å². The van der Waals surface area contributed by atoms with E-state index in [1.54, 1.807) is 0 Å². The van der Waals surface area contributed by atoms with Crippen molar-refractivity contribution in [1.29, 1.82) is 0 Å². The number of hydrogen-bond acceptors (Lipinski definition) is 4. The Morgan fingerprint density at radius 2 is 1.52 bits per heavy atom. The number of carbonyl (C=O) groups is 2. The number of amides is 2. The van der Waals surface area contributed by atoms with Gasteiger partial charge in [-0.15, -0.1) is 0 Å². The van der Waals surface area contributed by atoms with Crippen molar-refractivity contribution < 1.29 is 23.1 Å². The van der Waals surface area contributed by atoms with Crippen molar-refractivity contribution in [3.63, 3.8) is 0 Å². The summed E-state index contributed by atoms with van der Waals surface area (Å²) in [7, 11) is 0. The molecular weight excluding hydrogens is 306 g/mol. The Morgan fingerprint density at radius 3 is 2.00 bits per heavy atom. The normalized spacial score (nSPS) is 18.7. The zero-order valence-electron chi connectivity index (χ0n) is 12.7. The van der Waals surface area contributed by atoms with E-state index >= 15 is 0 Å². The van der Waals surface area contributed by atoms with Crippen molar-refractivity contribution in [3.8, 4) is 5.75 Å². The lowest BCUT2D eigenvalue weighted by Crippen LogP contribution is -2.34. The largest absolute Gasteiger partial charge is 0.490 e. The van der Waals surface area contributed by atoms with E-state index < -0.39 is 11.6 Å². The SMILES string of the molecule is Fc1cc(F)cc(OC2CCNCC2)c1.O=C1CCCC(=O)N1. The lowest BCUT2D eigenvalue weighted by atomic mass is 10.1. The van der Waals surface area contributed by atoms with Gasteiger partial charge in [-0.1, -0.05) is 0 Å². The molecule has 2 heterocycles. The standard InChI is InChI=1S/C11H13F2NO.C5H7NO2/c12-8-5-9(13)7-11(6-8)15-10-1-3-14-4-2-10;7-4-2-1-3-5(8)6-4/h5-7,10,14H,1-4H2;1-3H2,(H,6,7,8). The number of piperidine rings is 2. The number of benzene rings is 1. The molecule has 2 aliphatic heterocycles. The number of hydrogen-bond donors (Lipinski definition) is 2. The lowest BCUT2D eigenvalue weighted by molar-refractivity contribution is -0.132. The molecule has 23 heavy (non-hydrogen) atoms. The zero-order valence-corrected chi connectivity index (χ0v) is 12.7. The molecule has 2 saturated heterocycles. The van der Waals surface area contributed by atoms with Gasteiger partial charge in [0, 0.05) is 31.0 Å². The van der Waals surface area contributed by atoms with Gasteiger partial charge in [-0.05, 0) is 32.4 Å². The molecular formula is C16H20F2N2O3. The van der Waals surface area contributed by atoms with Crippen LogP contribution in [0.1, 0.15) is 32.1 Å². The number of rotatable bonds is 2. The second-order valence-electron chi connectivity index (χ2n) is 5.50. The highest BCUT2D eigenvalue weighted by molar-refractivity contribution is 5.97. The molecule has 2 N–H and O–H groups in total. The van der Waals surface area contributed by atoms with Gasteiger partial charge in [0.05, 0.1) is 0 Å². The predicted molar refractivity (Wildman–Crippen MR) is 79.9 cm³/mol. The van der Waals surface area contributed by atoms with Crippen molar-refractivity contribution >= 4 is 11.8 Å². The van der Waals surface area contributed by atoms with E-state index in [0.29, 0.717) is 19.3 Å². The smallest absolute Gasteiger partial charge is 0.226 e. The average molecular weight is 326 g/mol. The van der Waals surface area contributed by atoms with E-state index in [1.807, 2.05) is 0 Å². The summed E-state index contributed by atoms with van der Waals surface area (Å²) in [6, 6.07) is 3.27. The minimum absolute atomic E-state index is 0.0625. The molecule has 2 amide bonds. The van der Waals surface area contributed by atoms with Gasteiger partial charge in [0.1, 0.15) is 23.5 Å². The molecule has 0 atom stereocenters. The Bertz CT molecular complexity index is 526. The first-order valence-electron chi connectivity index (χ1n) is 7.69. The topological polar surface area (TPSA) is 67.4 Å². The molecule has 3 rings (SSSR count). The van der Waals surface area contributed by atoms with Crippen molar-refractivity contribution in [2.45, 2.75) is 38.2 Å². The third-order valence-electron chi connectivity index (χ3n) is 3.51. The Labute approximate surface area is 133 Å². The van der Waals surface area contributed by atoms with Gasteiger partial charge in [0.25, 0.3) is 0 Å². The van der Waals surface area contributed by atoms with E-state index in [9.17, 15) is 18.4 Å². The maximum atomic E-state index is 12.8. The molecule has 0 aromatic heterocycles. The van der Waals surface area contributed by atoms with Gasteiger partial charge < -0.3 is 10.1 Å². The van der Waals surface area contributed by atoms with Crippen LogP contribution in [0.4, 0.5) is 8.78 Å². The number of carbonyl (C=O) groups excluding carboxylic acids is 2. The second-order valence-corrected chi connectivity index (χ2v) is 5.50. The van der Waals surface area contributed by atoms with Gasteiger partial charge >= 0.3 is 0 Å². The number of ether oxygens (including phenoxy) is 1. The molecule has 7 heteroatoms. The van der Waals surface area contributed by atoms with E-state index in [0.717, 1.165) is 32.0 Å². The summed E-state index contributed by atoms with van der Waals surface area (Å²) in [5.74, 6) is -1.19. The minimum atomic E-state index is -0.598. The number of nitrogens with one attached hydrogen (secondary N) is 2. The Kier molecular flexibility index (Phi) is 6.46. The molecule has 0 saturated carbocycles. The predicted octanol–water partition coefficient (Wildman–Crippen LogP) is 1.91. The molecule has 2 fully saturated rings.